The molecule has 1 amide bonds. The lowest BCUT2D eigenvalue weighted by atomic mass is 10.2. The first-order chi connectivity index (χ1) is 16.1. The Morgan fingerprint density at radius 3 is 2.76 bits per heavy atom. The summed E-state index contributed by atoms with van der Waals surface area (Å²) >= 11 is 0. The van der Waals surface area contributed by atoms with E-state index in [0.29, 0.717) is 35.0 Å². The Kier molecular flexibility index (Phi) is 5.32. The Morgan fingerprint density at radius 2 is 1.94 bits per heavy atom. The number of anilines is 1. The van der Waals surface area contributed by atoms with Gasteiger partial charge in [0.1, 0.15) is 23.8 Å². The molecule has 5 rings (SSSR count). The highest BCUT2D eigenvalue weighted by atomic mass is 19.1. The van der Waals surface area contributed by atoms with Gasteiger partial charge in [-0.1, -0.05) is 12.1 Å². The van der Waals surface area contributed by atoms with Crippen LogP contribution in [0.25, 0.3) is 11.3 Å². The Balaban J connectivity index is 1.27. The van der Waals surface area contributed by atoms with Gasteiger partial charge in [-0.25, -0.2) is 14.1 Å². The Morgan fingerprint density at radius 1 is 1.09 bits per heavy atom. The summed E-state index contributed by atoms with van der Waals surface area (Å²) in [5, 5.41) is 7.16. The number of rotatable bonds is 6. The number of nitrogens with one attached hydrogen (secondary N) is 1. The number of hydrogen-bond donors (Lipinski definition) is 1. The second-order valence-electron chi connectivity index (χ2n) is 7.50. The van der Waals surface area contributed by atoms with Gasteiger partial charge in [0.05, 0.1) is 28.8 Å². The summed E-state index contributed by atoms with van der Waals surface area (Å²) in [7, 11) is 0. The number of fused-ring (bicyclic) bond motifs is 1. The monoisotopic (exact) mass is 441 g/mol. The predicted octanol–water partition coefficient (Wildman–Crippen LogP) is 4.80. The van der Waals surface area contributed by atoms with E-state index in [2.05, 4.69) is 15.4 Å². The molecule has 0 fully saturated rings. The van der Waals surface area contributed by atoms with Crippen molar-refractivity contribution in [1.82, 2.24) is 19.2 Å². The molecule has 0 saturated carbocycles. The van der Waals surface area contributed by atoms with Crippen LogP contribution in [0.3, 0.4) is 0 Å². The number of aromatic nitrogens is 4. The normalized spacial score (nSPS) is 11.0. The van der Waals surface area contributed by atoms with E-state index in [1.54, 1.807) is 35.9 Å². The van der Waals surface area contributed by atoms with Crippen LogP contribution in [0, 0.1) is 12.7 Å². The van der Waals surface area contributed by atoms with Gasteiger partial charge in [0.15, 0.2) is 0 Å². The SMILES string of the molecule is Cc1c(C(=O)Nc2cccc(OCc3cn4ccccc4n3)c2)cnn1-c1ccc(F)cc1. The first-order valence-corrected chi connectivity index (χ1v) is 10.3. The smallest absolute Gasteiger partial charge is 0.259 e. The van der Waals surface area contributed by atoms with Gasteiger partial charge in [0.2, 0.25) is 0 Å². The van der Waals surface area contributed by atoms with Crippen molar-refractivity contribution in [1.29, 1.82) is 0 Å². The molecule has 164 valence electrons. The number of hydrogen-bond acceptors (Lipinski definition) is 4. The van der Waals surface area contributed by atoms with Crippen molar-refractivity contribution in [3.8, 4) is 11.4 Å². The van der Waals surface area contributed by atoms with Gasteiger partial charge in [-0.2, -0.15) is 5.10 Å². The number of carbonyl (C=O) groups excluding carboxylic acids is 1. The third-order valence-corrected chi connectivity index (χ3v) is 5.22. The van der Waals surface area contributed by atoms with Gasteiger partial charge >= 0.3 is 0 Å². The number of benzene rings is 2. The average Bonchev–Trinajstić information content (AvgIpc) is 3.42. The van der Waals surface area contributed by atoms with E-state index in [9.17, 15) is 9.18 Å². The van der Waals surface area contributed by atoms with E-state index >= 15 is 0 Å². The minimum atomic E-state index is -0.329. The molecule has 0 atom stereocenters. The summed E-state index contributed by atoms with van der Waals surface area (Å²) in [4.78, 5) is 17.4. The summed E-state index contributed by atoms with van der Waals surface area (Å²) in [6.07, 6.45) is 5.35. The van der Waals surface area contributed by atoms with E-state index in [-0.39, 0.29) is 11.7 Å². The van der Waals surface area contributed by atoms with Crippen LogP contribution in [0.2, 0.25) is 0 Å². The second kappa shape index (κ2) is 8.58. The molecule has 8 heteroatoms. The topological polar surface area (TPSA) is 73.4 Å². The third kappa shape index (κ3) is 4.31. The first-order valence-electron chi connectivity index (χ1n) is 10.3. The van der Waals surface area contributed by atoms with Gasteiger partial charge in [0.25, 0.3) is 5.91 Å². The van der Waals surface area contributed by atoms with Crippen LogP contribution in [0.5, 0.6) is 5.75 Å². The molecule has 0 aliphatic rings. The van der Waals surface area contributed by atoms with Crippen molar-refractivity contribution in [3.05, 3.63) is 108 Å². The number of pyridine rings is 1. The highest BCUT2D eigenvalue weighted by Crippen LogP contribution is 2.21. The number of imidazole rings is 1. The summed E-state index contributed by atoms with van der Waals surface area (Å²) < 4.78 is 22.6. The van der Waals surface area contributed by atoms with Crippen molar-refractivity contribution < 1.29 is 13.9 Å². The lowest BCUT2D eigenvalue weighted by Gasteiger charge is -2.09. The maximum atomic E-state index is 13.2. The zero-order chi connectivity index (χ0) is 22.8. The van der Waals surface area contributed by atoms with Crippen LogP contribution in [0.15, 0.2) is 85.3 Å². The van der Waals surface area contributed by atoms with Gasteiger partial charge < -0.3 is 14.5 Å². The third-order valence-electron chi connectivity index (χ3n) is 5.22. The second-order valence-corrected chi connectivity index (χ2v) is 7.50. The fourth-order valence-electron chi connectivity index (χ4n) is 3.55. The Labute approximate surface area is 189 Å². The van der Waals surface area contributed by atoms with Crippen molar-refractivity contribution in [2.45, 2.75) is 13.5 Å². The maximum Gasteiger partial charge on any atom is 0.259 e. The quantitative estimate of drug-likeness (QED) is 0.411. The Hall–Kier alpha value is -4.46. The van der Waals surface area contributed by atoms with Crippen LogP contribution in [0.4, 0.5) is 10.1 Å². The zero-order valence-electron chi connectivity index (χ0n) is 17.8. The van der Waals surface area contributed by atoms with Crippen molar-refractivity contribution >= 4 is 17.2 Å². The van der Waals surface area contributed by atoms with E-state index in [1.807, 2.05) is 47.1 Å². The largest absolute Gasteiger partial charge is 0.487 e. The number of ether oxygens (including phenoxy) is 1. The molecule has 3 heterocycles. The zero-order valence-corrected chi connectivity index (χ0v) is 17.8. The van der Waals surface area contributed by atoms with E-state index in [0.717, 1.165) is 11.3 Å². The molecule has 0 spiro atoms. The molecule has 1 N–H and O–H groups in total. The van der Waals surface area contributed by atoms with Crippen LogP contribution >= 0.6 is 0 Å². The Bertz CT molecular complexity index is 1410. The summed E-state index contributed by atoms with van der Waals surface area (Å²) in [6.45, 7) is 2.10. The molecule has 5 aromatic rings. The minimum absolute atomic E-state index is 0.293. The van der Waals surface area contributed by atoms with Crippen LogP contribution in [-0.2, 0) is 6.61 Å². The van der Waals surface area contributed by atoms with Gasteiger partial charge in [-0.3, -0.25) is 4.79 Å². The van der Waals surface area contributed by atoms with Crippen LogP contribution in [0.1, 0.15) is 21.7 Å². The number of nitrogens with zero attached hydrogens (tertiary/aromatic N) is 4. The maximum absolute atomic E-state index is 13.2. The minimum Gasteiger partial charge on any atom is -0.487 e. The molecule has 0 saturated heterocycles. The molecule has 3 aromatic heterocycles. The molecular weight excluding hydrogens is 421 g/mol. The number of amides is 1. The highest BCUT2D eigenvalue weighted by Gasteiger charge is 2.16. The lowest BCUT2D eigenvalue weighted by molar-refractivity contribution is 0.102. The van der Waals surface area contributed by atoms with Crippen molar-refractivity contribution in [2.24, 2.45) is 0 Å². The summed E-state index contributed by atoms with van der Waals surface area (Å²) in [5.41, 5.74) is 4.01. The van der Waals surface area contributed by atoms with Gasteiger partial charge in [-0.05, 0) is 55.5 Å². The van der Waals surface area contributed by atoms with Crippen LogP contribution < -0.4 is 10.1 Å². The molecule has 0 bridgehead atoms. The van der Waals surface area contributed by atoms with Crippen molar-refractivity contribution in [2.75, 3.05) is 5.32 Å². The van der Waals surface area contributed by atoms with Gasteiger partial charge in [-0.15, -0.1) is 0 Å². The fourth-order valence-corrected chi connectivity index (χ4v) is 3.55. The highest BCUT2D eigenvalue weighted by molar-refractivity contribution is 6.05. The summed E-state index contributed by atoms with van der Waals surface area (Å²) in [5.74, 6) is -0.00763. The van der Waals surface area contributed by atoms with Gasteiger partial charge in [0, 0.05) is 24.1 Å². The predicted molar refractivity (Wildman–Crippen MR) is 122 cm³/mol. The van der Waals surface area contributed by atoms with E-state index < -0.39 is 0 Å². The molecule has 7 nitrogen and oxygen atoms in total. The molecule has 33 heavy (non-hydrogen) atoms. The molecular formula is C25H20FN5O2. The molecule has 0 aliphatic heterocycles. The lowest BCUT2D eigenvalue weighted by Crippen LogP contribution is -2.13. The van der Waals surface area contributed by atoms with Crippen molar-refractivity contribution in [3.63, 3.8) is 0 Å². The summed E-state index contributed by atoms with van der Waals surface area (Å²) in [6, 6.07) is 18.9. The molecule has 0 unspecified atom stereocenters. The molecule has 0 radical (unpaired) electrons. The average molecular weight is 441 g/mol. The number of halogens is 1. The molecule has 0 aliphatic carbocycles. The number of carbonyl (C=O) groups is 1. The first kappa shape index (κ1) is 20.4. The standard InChI is InChI=1S/C25H20FN5O2/c1-17-23(14-27-31(17)21-10-8-18(26)9-11-21)25(32)29-19-5-4-6-22(13-19)33-16-20-15-30-12-3-2-7-24(30)28-20/h2-15H,16H2,1H3,(H,29,32). The molecule has 2 aromatic carbocycles. The van der Waals surface area contributed by atoms with E-state index in [1.165, 1.54) is 18.3 Å². The van der Waals surface area contributed by atoms with Crippen LogP contribution in [-0.4, -0.2) is 25.1 Å². The van der Waals surface area contributed by atoms with E-state index in [4.69, 9.17) is 4.74 Å². The fraction of sp³-hybridized carbons (Fsp3) is 0.0800.